The molecule has 1 aliphatic carbocycles. The van der Waals surface area contributed by atoms with Gasteiger partial charge in [0, 0.05) is 24.2 Å². The van der Waals surface area contributed by atoms with E-state index in [1.54, 1.807) is 0 Å². The van der Waals surface area contributed by atoms with Crippen molar-refractivity contribution in [3.8, 4) is 11.5 Å². The average Bonchev–Trinajstić information content (AvgIpc) is 3.23. The first kappa shape index (κ1) is 18.1. The lowest BCUT2D eigenvalue weighted by Crippen LogP contribution is -2.39. The highest BCUT2D eigenvalue weighted by molar-refractivity contribution is 5.41. The van der Waals surface area contributed by atoms with Gasteiger partial charge in [-0.2, -0.15) is 0 Å². The minimum Gasteiger partial charge on any atom is -0.496 e. The number of methoxy groups -OCH3 is 1. The predicted octanol–water partition coefficient (Wildman–Crippen LogP) is 3.79. The van der Waals surface area contributed by atoms with E-state index in [1.165, 1.54) is 30.9 Å². The van der Waals surface area contributed by atoms with Crippen molar-refractivity contribution in [2.75, 3.05) is 13.7 Å². The second kappa shape index (κ2) is 6.73. The molecule has 0 amide bonds. The third-order valence-corrected chi connectivity index (χ3v) is 5.46. The molecule has 3 atom stereocenters. The maximum absolute atomic E-state index is 12.5. The van der Waals surface area contributed by atoms with E-state index in [2.05, 4.69) is 27.5 Å². The van der Waals surface area contributed by atoms with Crippen LogP contribution in [0.2, 0.25) is 0 Å². The van der Waals surface area contributed by atoms with Crippen LogP contribution in [0.1, 0.15) is 23.6 Å². The number of halogens is 3. The monoisotopic (exact) mass is 378 g/mol. The molecule has 0 aromatic heterocycles. The van der Waals surface area contributed by atoms with Crippen molar-refractivity contribution >= 4 is 0 Å². The molecule has 2 aromatic rings. The Labute approximate surface area is 155 Å². The maximum atomic E-state index is 12.5. The summed E-state index contributed by atoms with van der Waals surface area (Å²) in [4.78, 5) is 0. The van der Waals surface area contributed by atoms with Crippen molar-refractivity contribution in [3.05, 3.63) is 59.7 Å². The number of fused-ring (bicyclic) bond motifs is 1. The number of benzene rings is 2. The van der Waals surface area contributed by atoms with Gasteiger partial charge < -0.3 is 20.1 Å². The quantitative estimate of drug-likeness (QED) is 0.803. The van der Waals surface area contributed by atoms with Crippen molar-refractivity contribution in [2.45, 2.75) is 30.9 Å². The number of piperidine rings is 1. The summed E-state index contributed by atoms with van der Waals surface area (Å²) in [6.45, 7) is 1.33. The van der Waals surface area contributed by atoms with Crippen molar-refractivity contribution in [1.82, 2.24) is 10.6 Å². The second-order valence-electron chi connectivity index (χ2n) is 7.07. The van der Waals surface area contributed by atoms with Crippen molar-refractivity contribution < 1.29 is 22.6 Å². The Bertz CT molecular complexity index is 813. The molecule has 144 valence electrons. The molecule has 1 unspecified atom stereocenters. The molecule has 2 N–H and O–H groups in total. The first-order valence-electron chi connectivity index (χ1n) is 8.87. The highest BCUT2D eigenvalue weighted by atomic mass is 19.4. The third-order valence-electron chi connectivity index (χ3n) is 5.46. The molecule has 2 fully saturated rings. The molecule has 2 aromatic carbocycles. The Kier molecular flexibility index (Phi) is 4.52. The van der Waals surface area contributed by atoms with Crippen molar-refractivity contribution in [2.24, 2.45) is 5.92 Å². The summed E-state index contributed by atoms with van der Waals surface area (Å²) >= 11 is 0. The van der Waals surface area contributed by atoms with Crippen molar-refractivity contribution in [3.63, 3.8) is 0 Å². The fourth-order valence-corrected chi connectivity index (χ4v) is 4.13. The molecule has 0 spiro atoms. The number of hydrogen-bond donors (Lipinski definition) is 2. The molecular weight excluding hydrogens is 357 g/mol. The van der Waals surface area contributed by atoms with Crippen LogP contribution in [-0.4, -0.2) is 25.6 Å². The summed E-state index contributed by atoms with van der Waals surface area (Å²) in [7, 11) is 1.51. The molecule has 1 saturated heterocycles. The molecule has 1 heterocycles. The van der Waals surface area contributed by atoms with Crippen LogP contribution in [0.4, 0.5) is 13.2 Å². The molecule has 4 nitrogen and oxygen atoms in total. The summed E-state index contributed by atoms with van der Waals surface area (Å²) in [5, 5.41) is 7.14. The van der Waals surface area contributed by atoms with E-state index in [1.807, 2.05) is 18.2 Å². The highest BCUT2D eigenvalue weighted by Crippen LogP contribution is 2.56. The average molecular weight is 378 g/mol. The van der Waals surface area contributed by atoms with Crippen LogP contribution in [0.25, 0.3) is 0 Å². The van der Waals surface area contributed by atoms with Gasteiger partial charge in [0.25, 0.3) is 0 Å². The van der Waals surface area contributed by atoms with Crippen LogP contribution in [-0.2, 0) is 6.54 Å². The summed E-state index contributed by atoms with van der Waals surface area (Å²) < 4.78 is 46.9. The largest absolute Gasteiger partial charge is 0.573 e. The molecule has 7 heteroatoms. The van der Waals surface area contributed by atoms with Crippen LogP contribution < -0.4 is 20.1 Å². The Morgan fingerprint density at radius 1 is 1.19 bits per heavy atom. The van der Waals surface area contributed by atoms with Crippen LogP contribution in [0.5, 0.6) is 11.5 Å². The number of ether oxygens (including phenoxy) is 2. The number of rotatable bonds is 6. The smallest absolute Gasteiger partial charge is 0.496 e. The van der Waals surface area contributed by atoms with Gasteiger partial charge in [-0.05, 0) is 36.1 Å². The minimum absolute atomic E-state index is 0.0761. The molecule has 1 aliphatic heterocycles. The first-order chi connectivity index (χ1) is 12.9. The van der Waals surface area contributed by atoms with Gasteiger partial charge in [0.05, 0.1) is 13.2 Å². The Hall–Kier alpha value is -2.25. The maximum Gasteiger partial charge on any atom is 0.573 e. The summed E-state index contributed by atoms with van der Waals surface area (Å²) in [6.07, 6.45) is -3.67. The Morgan fingerprint density at radius 2 is 1.96 bits per heavy atom. The van der Waals surface area contributed by atoms with Gasteiger partial charge in [0.15, 0.2) is 0 Å². The van der Waals surface area contributed by atoms with Crippen LogP contribution in [0.15, 0.2) is 48.5 Å². The lowest BCUT2D eigenvalue weighted by atomic mass is 9.97. The second-order valence-corrected chi connectivity index (χ2v) is 7.07. The lowest BCUT2D eigenvalue weighted by Gasteiger charge is -2.26. The van der Waals surface area contributed by atoms with Crippen LogP contribution in [0.3, 0.4) is 0 Å². The van der Waals surface area contributed by atoms with Crippen molar-refractivity contribution in [1.29, 1.82) is 0 Å². The van der Waals surface area contributed by atoms with Gasteiger partial charge in [-0.1, -0.05) is 30.3 Å². The molecule has 0 radical (unpaired) electrons. The van der Waals surface area contributed by atoms with Gasteiger partial charge in [-0.25, -0.2) is 0 Å². The summed E-state index contributed by atoms with van der Waals surface area (Å²) in [6, 6.07) is 14.5. The SMILES string of the molecule is COc1ccc(OC(F)(F)F)cc1CN[C@@]12CC1CN[C@H]2c1ccccc1. The van der Waals surface area contributed by atoms with Gasteiger partial charge in [0.2, 0.25) is 0 Å². The van der Waals surface area contributed by atoms with E-state index in [0.29, 0.717) is 23.8 Å². The van der Waals surface area contributed by atoms with Gasteiger partial charge in [0.1, 0.15) is 11.5 Å². The lowest BCUT2D eigenvalue weighted by molar-refractivity contribution is -0.274. The van der Waals surface area contributed by atoms with Crippen LogP contribution in [0, 0.1) is 5.92 Å². The standard InChI is InChI=1S/C20H21F3N2O2/c1-26-17-8-7-16(27-20(21,22)23)9-14(17)11-25-19-10-15(19)12-24-18(19)13-5-3-2-4-6-13/h2-9,15,18,24-25H,10-12H2,1H3/t15?,18-,19-/m0/s1. The molecule has 0 bridgehead atoms. The Balaban J connectivity index is 1.52. The van der Waals surface area contributed by atoms with Gasteiger partial charge in [-0.3, -0.25) is 0 Å². The van der Waals surface area contributed by atoms with E-state index in [9.17, 15) is 13.2 Å². The first-order valence-corrected chi connectivity index (χ1v) is 8.87. The summed E-state index contributed by atoms with van der Waals surface area (Å²) in [5.41, 5.74) is 1.77. The zero-order valence-corrected chi connectivity index (χ0v) is 14.8. The zero-order valence-electron chi connectivity index (χ0n) is 14.8. The normalized spacial score (nSPS) is 26.5. The molecule has 1 saturated carbocycles. The van der Waals surface area contributed by atoms with E-state index in [4.69, 9.17) is 4.74 Å². The Morgan fingerprint density at radius 3 is 2.63 bits per heavy atom. The van der Waals surface area contributed by atoms with Gasteiger partial charge in [-0.15, -0.1) is 13.2 Å². The highest BCUT2D eigenvalue weighted by Gasteiger charge is 2.62. The number of nitrogens with one attached hydrogen (secondary N) is 2. The zero-order chi connectivity index (χ0) is 19.1. The van der Waals surface area contributed by atoms with Gasteiger partial charge >= 0.3 is 6.36 Å². The fourth-order valence-electron chi connectivity index (χ4n) is 4.13. The third kappa shape index (κ3) is 3.61. The minimum atomic E-state index is -4.71. The van der Waals surface area contributed by atoms with E-state index in [0.717, 1.165) is 13.0 Å². The number of hydrogen-bond acceptors (Lipinski definition) is 4. The fraction of sp³-hybridized carbons (Fsp3) is 0.400. The topological polar surface area (TPSA) is 42.5 Å². The van der Waals surface area contributed by atoms with E-state index >= 15 is 0 Å². The molecule has 2 aliphatic rings. The van der Waals surface area contributed by atoms with E-state index in [-0.39, 0.29) is 17.3 Å². The molecular formula is C20H21F3N2O2. The summed E-state index contributed by atoms with van der Waals surface area (Å²) in [5.74, 6) is 0.810. The predicted molar refractivity (Wildman–Crippen MR) is 94.5 cm³/mol. The molecule has 27 heavy (non-hydrogen) atoms. The van der Waals surface area contributed by atoms with E-state index < -0.39 is 6.36 Å². The molecule has 4 rings (SSSR count). The van der Waals surface area contributed by atoms with Crippen LogP contribution >= 0.6 is 0 Å². The number of alkyl halides is 3.